The molecule has 0 bridgehead atoms. The van der Waals surface area contributed by atoms with Crippen LogP contribution in [0.15, 0.2) is 83.8 Å². The normalized spacial score (nSPS) is 14.5. The first-order valence-electron chi connectivity index (χ1n) is 13.4. The molecule has 212 valence electrons. The van der Waals surface area contributed by atoms with E-state index in [1.54, 1.807) is 54.6 Å². The maximum atomic E-state index is 14.1. The number of anilines is 1. The molecule has 4 rings (SSSR count). The van der Waals surface area contributed by atoms with Crippen molar-refractivity contribution in [3.05, 3.63) is 94.5 Å². The second-order valence-corrected chi connectivity index (χ2v) is 12.5. The van der Waals surface area contributed by atoms with Gasteiger partial charge >= 0.3 is 0 Å². The lowest BCUT2D eigenvalue weighted by atomic mass is 10.1. The molecule has 0 saturated heterocycles. The van der Waals surface area contributed by atoms with E-state index in [1.807, 2.05) is 13.0 Å². The highest BCUT2D eigenvalue weighted by molar-refractivity contribution is 7.92. The van der Waals surface area contributed by atoms with Crippen LogP contribution < -0.4 is 9.62 Å². The van der Waals surface area contributed by atoms with Crippen LogP contribution in [-0.2, 0) is 26.2 Å². The summed E-state index contributed by atoms with van der Waals surface area (Å²) in [6.45, 7) is 1.35. The summed E-state index contributed by atoms with van der Waals surface area (Å²) in [5.74, 6) is -0.789. The first-order valence-corrected chi connectivity index (χ1v) is 15.6. The number of amides is 2. The molecule has 0 heterocycles. The summed E-state index contributed by atoms with van der Waals surface area (Å²) in [6, 6.07) is 20.6. The van der Waals surface area contributed by atoms with Gasteiger partial charge in [-0.05, 0) is 61.2 Å². The van der Waals surface area contributed by atoms with Crippen LogP contribution in [-0.4, -0.2) is 43.8 Å². The summed E-state index contributed by atoms with van der Waals surface area (Å²) in [7, 11) is -4.15. The third-order valence-corrected chi connectivity index (χ3v) is 9.48. The molecule has 1 aliphatic carbocycles. The summed E-state index contributed by atoms with van der Waals surface area (Å²) in [6.07, 6.45) is 4.25. The van der Waals surface area contributed by atoms with Gasteiger partial charge in [0.05, 0.1) is 10.6 Å². The SMILES string of the molecule is CCC(C(=O)NC1CCCC1)N(Cc1ccccc1Cl)C(=O)CN(c1cccc(Cl)c1)S(=O)(=O)c1ccccc1. The van der Waals surface area contributed by atoms with Gasteiger partial charge in [-0.1, -0.05) is 85.4 Å². The highest BCUT2D eigenvalue weighted by atomic mass is 35.5. The fourth-order valence-electron chi connectivity index (χ4n) is 4.98. The summed E-state index contributed by atoms with van der Waals surface area (Å²) < 4.78 is 28.7. The average Bonchev–Trinajstić information content (AvgIpc) is 3.46. The van der Waals surface area contributed by atoms with Gasteiger partial charge in [0, 0.05) is 22.6 Å². The van der Waals surface area contributed by atoms with Crippen molar-refractivity contribution in [3.8, 4) is 0 Å². The Labute approximate surface area is 246 Å². The lowest BCUT2D eigenvalue weighted by Crippen LogP contribution is -2.53. The van der Waals surface area contributed by atoms with E-state index in [1.165, 1.54) is 23.1 Å². The average molecular weight is 603 g/mol. The summed E-state index contributed by atoms with van der Waals surface area (Å²) in [5, 5.41) is 3.88. The summed E-state index contributed by atoms with van der Waals surface area (Å²) in [5.41, 5.74) is 0.899. The fourth-order valence-corrected chi connectivity index (χ4v) is 6.78. The van der Waals surface area contributed by atoms with Crippen molar-refractivity contribution in [2.45, 2.75) is 62.6 Å². The number of rotatable bonds is 11. The summed E-state index contributed by atoms with van der Waals surface area (Å²) in [4.78, 5) is 29.1. The number of sulfonamides is 1. The maximum Gasteiger partial charge on any atom is 0.264 e. The van der Waals surface area contributed by atoms with Crippen LogP contribution in [0.4, 0.5) is 5.69 Å². The third-order valence-electron chi connectivity index (χ3n) is 7.09. The summed E-state index contributed by atoms with van der Waals surface area (Å²) >= 11 is 12.7. The largest absolute Gasteiger partial charge is 0.352 e. The van der Waals surface area contributed by atoms with Crippen LogP contribution in [0.3, 0.4) is 0 Å². The van der Waals surface area contributed by atoms with Crippen molar-refractivity contribution in [1.29, 1.82) is 0 Å². The van der Waals surface area contributed by atoms with E-state index in [9.17, 15) is 18.0 Å². The van der Waals surface area contributed by atoms with Gasteiger partial charge in [0.2, 0.25) is 11.8 Å². The fraction of sp³-hybridized carbons (Fsp3) is 0.333. The first kappa shape index (κ1) is 29.9. The van der Waals surface area contributed by atoms with Crippen LogP contribution in [0.1, 0.15) is 44.6 Å². The van der Waals surface area contributed by atoms with E-state index in [2.05, 4.69) is 5.32 Å². The molecule has 1 fully saturated rings. The van der Waals surface area contributed by atoms with Gasteiger partial charge in [-0.25, -0.2) is 8.42 Å². The lowest BCUT2D eigenvalue weighted by molar-refractivity contribution is -0.140. The standard InChI is InChI=1S/C30H33Cl2N3O4S/c1-2-28(30(37)33-24-13-7-8-14-24)34(20-22-11-6-9-18-27(22)32)29(36)21-35(25-15-10-12-23(31)19-25)40(38,39)26-16-4-3-5-17-26/h3-6,9-12,15-19,24,28H,2,7-8,13-14,20-21H2,1H3,(H,33,37). The van der Waals surface area contributed by atoms with Crippen LogP contribution >= 0.6 is 23.2 Å². The number of halogens is 2. The van der Waals surface area contributed by atoms with Crippen LogP contribution in [0.2, 0.25) is 10.0 Å². The Hall–Kier alpha value is -3.07. The Morgan fingerprint density at radius 3 is 2.27 bits per heavy atom. The molecule has 0 aliphatic heterocycles. The van der Waals surface area contributed by atoms with Gasteiger partial charge in [0.25, 0.3) is 10.0 Å². The Morgan fingerprint density at radius 1 is 0.950 bits per heavy atom. The molecule has 1 aliphatic rings. The molecule has 40 heavy (non-hydrogen) atoms. The van der Waals surface area contributed by atoms with Gasteiger partial charge in [0.15, 0.2) is 0 Å². The molecular formula is C30H33Cl2N3O4S. The highest BCUT2D eigenvalue weighted by Crippen LogP contribution is 2.28. The smallest absolute Gasteiger partial charge is 0.264 e. The topological polar surface area (TPSA) is 86.8 Å². The van der Waals surface area contributed by atoms with E-state index in [0.29, 0.717) is 22.0 Å². The van der Waals surface area contributed by atoms with Crippen molar-refractivity contribution < 1.29 is 18.0 Å². The number of benzene rings is 3. The minimum atomic E-state index is -4.15. The molecule has 7 nitrogen and oxygen atoms in total. The molecule has 1 N–H and O–H groups in total. The highest BCUT2D eigenvalue weighted by Gasteiger charge is 2.34. The van der Waals surface area contributed by atoms with E-state index < -0.39 is 28.5 Å². The van der Waals surface area contributed by atoms with Crippen molar-refractivity contribution in [2.24, 2.45) is 0 Å². The first-order chi connectivity index (χ1) is 19.2. The molecule has 0 spiro atoms. The van der Waals surface area contributed by atoms with Gasteiger partial charge in [-0.3, -0.25) is 13.9 Å². The number of carbonyl (C=O) groups excluding carboxylic acids is 2. The monoisotopic (exact) mass is 601 g/mol. The Balaban J connectivity index is 1.71. The Bertz CT molecular complexity index is 1430. The second-order valence-electron chi connectivity index (χ2n) is 9.83. The molecule has 0 aromatic heterocycles. The molecule has 3 aromatic rings. The van der Waals surface area contributed by atoms with Crippen molar-refractivity contribution in [2.75, 3.05) is 10.8 Å². The molecule has 1 atom stereocenters. The van der Waals surface area contributed by atoms with Gasteiger partial charge < -0.3 is 10.2 Å². The second kappa shape index (κ2) is 13.5. The maximum absolute atomic E-state index is 14.1. The molecule has 0 radical (unpaired) electrons. The van der Waals surface area contributed by atoms with Crippen LogP contribution in [0, 0.1) is 0 Å². The minimum absolute atomic E-state index is 0.0337. The van der Waals surface area contributed by atoms with Crippen molar-refractivity contribution >= 4 is 50.7 Å². The molecule has 3 aromatic carbocycles. The van der Waals surface area contributed by atoms with Crippen LogP contribution in [0.25, 0.3) is 0 Å². The molecule has 2 amide bonds. The number of nitrogens with one attached hydrogen (secondary N) is 1. The van der Waals surface area contributed by atoms with E-state index in [4.69, 9.17) is 23.2 Å². The number of hydrogen-bond acceptors (Lipinski definition) is 4. The molecular weight excluding hydrogens is 569 g/mol. The zero-order chi connectivity index (χ0) is 28.7. The molecule has 1 saturated carbocycles. The van der Waals surface area contributed by atoms with Gasteiger partial charge in [-0.15, -0.1) is 0 Å². The third kappa shape index (κ3) is 7.16. The minimum Gasteiger partial charge on any atom is -0.352 e. The van der Waals surface area contributed by atoms with E-state index >= 15 is 0 Å². The quantitative estimate of drug-likeness (QED) is 0.289. The zero-order valence-electron chi connectivity index (χ0n) is 22.3. The molecule has 10 heteroatoms. The number of carbonyl (C=O) groups is 2. The van der Waals surface area contributed by atoms with Crippen molar-refractivity contribution in [1.82, 2.24) is 10.2 Å². The Morgan fingerprint density at radius 2 is 1.62 bits per heavy atom. The predicted molar refractivity (Wildman–Crippen MR) is 159 cm³/mol. The van der Waals surface area contributed by atoms with E-state index in [0.717, 1.165) is 30.0 Å². The number of nitrogens with zero attached hydrogens (tertiary/aromatic N) is 2. The van der Waals surface area contributed by atoms with Gasteiger partial charge in [0.1, 0.15) is 12.6 Å². The zero-order valence-corrected chi connectivity index (χ0v) is 24.6. The number of hydrogen-bond donors (Lipinski definition) is 1. The Kier molecular flexibility index (Phi) is 10.1. The predicted octanol–water partition coefficient (Wildman–Crippen LogP) is 6.05. The van der Waals surface area contributed by atoms with Gasteiger partial charge in [-0.2, -0.15) is 0 Å². The van der Waals surface area contributed by atoms with Crippen molar-refractivity contribution in [3.63, 3.8) is 0 Å². The van der Waals surface area contributed by atoms with E-state index in [-0.39, 0.29) is 29.1 Å². The lowest BCUT2D eigenvalue weighted by Gasteiger charge is -2.34. The molecule has 1 unspecified atom stereocenters. The van der Waals surface area contributed by atoms with Crippen LogP contribution in [0.5, 0.6) is 0 Å².